The molecule has 0 aromatic heterocycles. The predicted molar refractivity (Wildman–Crippen MR) is 80.2 cm³/mol. The molecule has 0 aromatic carbocycles. The van der Waals surface area contributed by atoms with Gasteiger partial charge in [-0.1, -0.05) is 19.6 Å². The van der Waals surface area contributed by atoms with Gasteiger partial charge in [0.05, 0.1) is 13.0 Å². The third-order valence-electron chi connectivity index (χ3n) is 3.00. The first-order valence-corrected chi connectivity index (χ1v) is 6.97. The molecule has 0 bridgehead atoms. The van der Waals surface area contributed by atoms with Crippen LogP contribution >= 0.6 is 0 Å². The molecule has 0 saturated carbocycles. The number of ether oxygens (including phenoxy) is 1. The highest BCUT2D eigenvalue weighted by Gasteiger charge is 2.20. The minimum absolute atomic E-state index is 0.00574. The molecule has 6 nitrogen and oxygen atoms in total. The molecule has 0 fully saturated rings. The molecular formula is C16H22O6. The Morgan fingerprint density at radius 3 is 2.27 bits per heavy atom. The third-order valence-corrected chi connectivity index (χ3v) is 3.00. The average molecular weight is 310 g/mol. The number of carbonyl (C=O) groups is 4. The molecule has 0 saturated heterocycles. The van der Waals surface area contributed by atoms with Gasteiger partial charge in [0.1, 0.15) is 11.6 Å². The molecule has 6 heteroatoms. The zero-order valence-electron chi connectivity index (χ0n) is 13.2. The Morgan fingerprint density at radius 2 is 1.82 bits per heavy atom. The summed E-state index contributed by atoms with van der Waals surface area (Å²) in [6.45, 7) is 7.91. The minimum Gasteiger partial charge on any atom is -0.478 e. The molecule has 0 aromatic rings. The highest BCUT2D eigenvalue weighted by Crippen LogP contribution is 2.14. The van der Waals surface area contributed by atoms with E-state index >= 15 is 0 Å². The summed E-state index contributed by atoms with van der Waals surface area (Å²) < 4.78 is 4.97. The van der Waals surface area contributed by atoms with Gasteiger partial charge in [-0.05, 0) is 26.7 Å². The van der Waals surface area contributed by atoms with E-state index < -0.39 is 23.6 Å². The molecule has 0 heterocycles. The smallest absolute Gasteiger partial charge is 0.333 e. The van der Waals surface area contributed by atoms with E-state index in [4.69, 9.17) is 9.84 Å². The Kier molecular flexibility index (Phi) is 8.67. The zero-order chi connectivity index (χ0) is 17.3. The van der Waals surface area contributed by atoms with E-state index in [1.807, 2.05) is 0 Å². The number of rotatable bonds is 10. The highest BCUT2D eigenvalue weighted by molar-refractivity contribution is 6.00. The van der Waals surface area contributed by atoms with Crippen molar-refractivity contribution in [1.29, 1.82) is 0 Å². The van der Waals surface area contributed by atoms with Crippen molar-refractivity contribution in [3.05, 3.63) is 23.8 Å². The fourth-order valence-electron chi connectivity index (χ4n) is 1.61. The lowest BCUT2D eigenvalue weighted by molar-refractivity contribution is -0.140. The third kappa shape index (κ3) is 7.52. The number of aliphatic carboxylic acids is 1. The molecule has 0 amide bonds. The quantitative estimate of drug-likeness (QED) is 0.377. The zero-order valence-corrected chi connectivity index (χ0v) is 13.2. The molecule has 0 spiro atoms. The Labute approximate surface area is 129 Å². The van der Waals surface area contributed by atoms with Crippen LogP contribution in [0, 0.1) is 5.92 Å². The van der Waals surface area contributed by atoms with Gasteiger partial charge >= 0.3 is 11.9 Å². The fraction of sp³-hybridized carbons (Fsp3) is 0.500. The molecule has 1 unspecified atom stereocenters. The molecule has 0 aliphatic carbocycles. The van der Waals surface area contributed by atoms with Gasteiger partial charge in [0.2, 0.25) is 0 Å². The lowest BCUT2D eigenvalue weighted by atomic mass is 9.94. The van der Waals surface area contributed by atoms with Crippen LogP contribution in [-0.2, 0) is 23.9 Å². The first-order valence-electron chi connectivity index (χ1n) is 6.97. The van der Waals surface area contributed by atoms with E-state index in [-0.39, 0.29) is 30.8 Å². The van der Waals surface area contributed by atoms with Crippen LogP contribution in [0.5, 0.6) is 0 Å². The van der Waals surface area contributed by atoms with Crippen LogP contribution in [0.1, 0.15) is 40.0 Å². The number of hydrogen-bond donors (Lipinski definition) is 1. The van der Waals surface area contributed by atoms with E-state index in [1.54, 1.807) is 6.92 Å². The maximum atomic E-state index is 12.0. The van der Waals surface area contributed by atoms with Crippen molar-refractivity contribution in [2.45, 2.75) is 40.0 Å². The SMILES string of the molecule is C=C(CC)C(=O)OCCC(C=C(C)C(=O)O)C(=O)CC(C)=O. The average Bonchev–Trinajstić information content (AvgIpc) is 2.43. The number of Topliss-reactive ketones (excluding diaryl/α,β-unsaturated/α-hetero) is 2. The second kappa shape index (κ2) is 9.65. The molecule has 122 valence electrons. The van der Waals surface area contributed by atoms with Crippen LogP contribution in [0.3, 0.4) is 0 Å². The summed E-state index contributed by atoms with van der Waals surface area (Å²) in [6.07, 6.45) is 1.60. The van der Waals surface area contributed by atoms with Gasteiger partial charge < -0.3 is 9.84 Å². The highest BCUT2D eigenvalue weighted by atomic mass is 16.5. The van der Waals surface area contributed by atoms with Crippen molar-refractivity contribution < 1.29 is 29.0 Å². The monoisotopic (exact) mass is 310 g/mol. The van der Waals surface area contributed by atoms with Crippen molar-refractivity contribution in [1.82, 2.24) is 0 Å². The van der Waals surface area contributed by atoms with Crippen molar-refractivity contribution in [2.75, 3.05) is 6.61 Å². The maximum Gasteiger partial charge on any atom is 0.333 e. The summed E-state index contributed by atoms with van der Waals surface area (Å²) in [7, 11) is 0. The minimum atomic E-state index is -1.14. The van der Waals surface area contributed by atoms with E-state index in [1.165, 1.54) is 19.9 Å². The normalized spacial score (nSPS) is 12.4. The van der Waals surface area contributed by atoms with Crippen LogP contribution in [0.2, 0.25) is 0 Å². The van der Waals surface area contributed by atoms with Gasteiger partial charge in [0.15, 0.2) is 0 Å². The van der Waals surface area contributed by atoms with Crippen molar-refractivity contribution in [3.8, 4) is 0 Å². The number of carbonyl (C=O) groups excluding carboxylic acids is 3. The Balaban J connectivity index is 4.80. The van der Waals surface area contributed by atoms with Crippen molar-refractivity contribution in [2.24, 2.45) is 5.92 Å². The predicted octanol–water partition coefficient (Wildman–Crippen LogP) is 2.08. The van der Waals surface area contributed by atoms with E-state index in [0.29, 0.717) is 12.0 Å². The summed E-state index contributed by atoms with van der Waals surface area (Å²) in [5.41, 5.74) is 0.329. The van der Waals surface area contributed by atoms with Gasteiger partial charge in [-0.3, -0.25) is 9.59 Å². The lowest BCUT2D eigenvalue weighted by Crippen LogP contribution is -2.19. The number of carboxylic acid groups (broad SMARTS) is 1. The summed E-state index contributed by atoms with van der Waals surface area (Å²) >= 11 is 0. The number of esters is 1. The van der Waals surface area contributed by atoms with E-state index in [9.17, 15) is 19.2 Å². The summed E-state index contributed by atoms with van der Waals surface area (Å²) in [5, 5.41) is 8.87. The molecular weight excluding hydrogens is 288 g/mol. The summed E-state index contributed by atoms with van der Waals surface area (Å²) in [5.74, 6) is -3.15. The first-order chi connectivity index (χ1) is 10.2. The first kappa shape index (κ1) is 19.8. The molecule has 0 rings (SSSR count). The number of ketones is 2. The van der Waals surface area contributed by atoms with Crippen molar-refractivity contribution in [3.63, 3.8) is 0 Å². The van der Waals surface area contributed by atoms with Crippen LogP contribution in [0.15, 0.2) is 23.8 Å². The largest absolute Gasteiger partial charge is 0.478 e. The Bertz CT molecular complexity index is 501. The summed E-state index contributed by atoms with van der Waals surface area (Å²) in [6, 6.07) is 0. The second-order valence-electron chi connectivity index (χ2n) is 4.99. The number of carboxylic acids is 1. The number of allylic oxidation sites excluding steroid dienone is 1. The van der Waals surface area contributed by atoms with Crippen LogP contribution in [0.25, 0.3) is 0 Å². The molecule has 1 atom stereocenters. The maximum absolute atomic E-state index is 12.0. The molecule has 1 N–H and O–H groups in total. The number of hydrogen-bond acceptors (Lipinski definition) is 5. The Hall–Kier alpha value is -2.24. The second-order valence-corrected chi connectivity index (χ2v) is 4.99. The van der Waals surface area contributed by atoms with Crippen LogP contribution in [-0.4, -0.2) is 35.2 Å². The molecule has 0 radical (unpaired) electrons. The summed E-state index contributed by atoms with van der Waals surface area (Å²) in [4.78, 5) is 45.3. The van der Waals surface area contributed by atoms with Gasteiger partial charge in [-0.2, -0.15) is 0 Å². The van der Waals surface area contributed by atoms with Gasteiger partial charge in [0, 0.05) is 17.1 Å². The van der Waals surface area contributed by atoms with Gasteiger partial charge in [-0.25, -0.2) is 9.59 Å². The lowest BCUT2D eigenvalue weighted by Gasteiger charge is -2.12. The molecule has 22 heavy (non-hydrogen) atoms. The molecule has 0 aliphatic rings. The van der Waals surface area contributed by atoms with E-state index in [0.717, 1.165) is 0 Å². The topological polar surface area (TPSA) is 97.7 Å². The Morgan fingerprint density at radius 1 is 1.23 bits per heavy atom. The van der Waals surface area contributed by atoms with Crippen LogP contribution in [0.4, 0.5) is 0 Å². The van der Waals surface area contributed by atoms with E-state index in [2.05, 4.69) is 6.58 Å². The van der Waals surface area contributed by atoms with Crippen molar-refractivity contribution >= 4 is 23.5 Å². The van der Waals surface area contributed by atoms with Gasteiger partial charge in [-0.15, -0.1) is 0 Å². The molecule has 0 aliphatic heterocycles. The standard InChI is InChI=1S/C16H22O6/c1-5-10(2)16(21)22-7-6-13(8-11(3)15(19)20)14(18)9-12(4)17/h8,13H,2,5-7,9H2,1,3-4H3,(H,19,20). The van der Waals surface area contributed by atoms with Crippen LogP contribution < -0.4 is 0 Å². The fourth-order valence-corrected chi connectivity index (χ4v) is 1.61. The van der Waals surface area contributed by atoms with Gasteiger partial charge in [0.25, 0.3) is 0 Å².